The number of rotatable bonds is 4. The van der Waals surface area contributed by atoms with Gasteiger partial charge in [0.25, 0.3) is 5.91 Å². The number of benzene rings is 1. The van der Waals surface area contributed by atoms with Crippen molar-refractivity contribution in [1.29, 1.82) is 0 Å². The lowest BCUT2D eigenvalue weighted by Crippen LogP contribution is -2.34. The summed E-state index contributed by atoms with van der Waals surface area (Å²) in [5.74, 6) is -0.392. The van der Waals surface area contributed by atoms with Crippen molar-refractivity contribution >= 4 is 40.4 Å². The van der Waals surface area contributed by atoms with Gasteiger partial charge in [-0.3, -0.25) is 9.59 Å². The number of hydrogen-bond donors (Lipinski definition) is 1. The number of amides is 2. The summed E-state index contributed by atoms with van der Waals surface area (Å²) in [6.07, 6.45) is 0. The van der Waals surface area contributed by atoms with E-state index in [4.69, 9.17) is 11.6 Å². The molecule has 0 spiro atoms. The van der Waals surface area contributed by atoms with E-state index in [1.54, 1.807) is 31.3 Å². The van der Waals surface area contributed by atoms with Gasteiger partial charge in [-0.05, 0) is 48.2 Å². The molecule has 0 radical (unpaired) electrons. The third-order valence-corrected chi connectivity index (χ3v) is 4.17. The molecule has 2 aromatic rings. The Morgan fingerprint density at radius 3 is 2.48 bits per heavy atom. The SMILES string of the molecule is Cc1ccsc1C(=O)N(C)CC(=O)Nc1ccc(Cl)cc1. The van der Waals surface area contributed by atoms with Crippen LogP contribution < -0.4 is 5.32 Å². The molecule has 0 bridgehead atoms. The van der Waals surface area contributed by atoms with Crippen LogP contribution in [0.3, 0.4) is 0 Å². The van der Waals surface area contributed by atoms with E-state index in [0.717, 1.165) is 5.56 Å². The Hall–Kier alpha value is -1.85. The Labute approximate surface area is 132 Å². The summed E-state index contributed by atoms with van der Waals surface area (Å²) >= 11 is 7.16. The third-order valence-electron chi connectivity index (χ3n) is 2.91. The number of likely N-dealkylation sites (N-methyl/N-ethyl adjacent to an activating group) is 1. The zero-order chi connectivity index (χ0) is 15.4. The zero-order valence-corrected chi connectivity index (χ0v) is 13.3. The highest BCUT2D eigenvalue weighted by molar-refractivity contribution is 7.12. The second kappa shape index (κ2) is 6.74. The first-order valence-electron chi connectivity index (χ1n) is 6.32. The fourth-order valence-corrected chi connectivity index (χ4v) is 2.83. The van der Waals surface area contributed by atoms with E-state index >= 15 is 0 Å². The molecular formula is C15H15ClN2O2S. The Balaban J connectivity index is 1.94. The number of anilines is 1. The Bertz CT molecular complexity index is 652. The number of carbonyl (C=O) groups is 2. The monoisotopic (exact) mass is 322 g/mol. The first-order chi connectivity index (χ1) is 9.97. The quantitative estimate of drug-likeness (QED) is 0.937. The molecule has 0 aliphatic heterocycles. The van der Waals surface area contributed by atoms with E-state index in [2.05, 4.69) is 5.32 Å². The van der Waals surface area contributed by atoms with Crippen LogP contribution in [0.1, 0.15) is 15.2 Å². The lowest BCUT2D eigenvalue weighted by Gasteiger charge is -2.16. The minimum atomic E-state index is -0.248. The first kappa shape index (κ1) is 15.5. The van der Waals surface area contributed by atoms with Crippen LogP contribution in [0.25, 0.3) is 0 Å². The molecular weight excluding hydrogens is 308 g/mol. The van der Waals surface area contributed by atoms with Crippen LogP contribution in [0.4, 0.5) is 5.69 Å². The average Bonchev–Trinajstić information content (AvgIpc) is 2.86. The molecule has 2 rings (SSSR count). The van der Waals surface area contributed by atoms with Crippen molar-refractivity contribution in [3.05, 3.63) is 51.2 Å². The van der Waals surface area contributed by atoms with Gasteiger partial charge < -0.3 is 10.2 Å². The summed E-state index contributed by atoms with van der Waals surface area (Å²) in [4.78, 5) is 26.2. The molecule has 6 heteroatoms. The van der Waals surface area contributed by atoms with Crippen molar-refractivity contribution in [2.24, 2.45) is 0 Å². The van der Waals surface area contributed by atoms with Crippen molar-refractivity contribution in [2.75, 3.05) is 18.9 Å². The van der Waals surface area contributed by atoms with Gasteiger partial charge in [0.05, 0.1) is 11.4 Å². The minimum absolute atomic E-state index is 0.00119. The van der Waals surface area contributed by atoms with Crippen LogP contribution in [0.2, 0.25) is 5.02 Å². The molecule has 4 nitrogen and oxygen atoms in total. The van der Waals surface area contributed by atoms with Crippen LogP contribution in [0.5, 0.6) is 0 Å². The average molecular weight is 323 g/mol. The highest BCUT2D eigenvalue weighted by Gasteiger charge is 2.17. The van der Waals surface area contributed by atoms with E-state index < -0.39 is 0 Å². The van der Waals surface area contributed by atoms with E-state index in [0.29, 0.717) is 15.6 Å². The summed E-state index contributed by atoms with van der Waals surface area (Å²) in [5, 5.41) is 5.20. The van der Waals surface area contributed by atoms with Gasteiger partial charge in [-0.2, -0.15) is 0 Å². The molecule has 1 aromatic heterocycles. The van der Waals surface area contributed by atoms with Crippen LogP contribution in [0.15, 0.2) is 35.7 Å². The van der Waals surface area contributed by atoms with Crippen molar-refractivity contribution in [3.63, 3.8) is 0 Å². The van der Waals surface area contributed by atoms with Gasteiger partial charge in [0.1, 0.15) is 0 Å². The minimum Gasteiger partial charge on any atom is -0.332 e. The number of carbonyl (C=O) groups excluding carboxylic acids is 2. The third kappa shape index (κ3) is 4.06. The lowest BCUT2D eigenvalue weighted by atomic mass is 10.2. The van der Waals surface area contributed by atoms with Gasteiger partial charge in [-0.25, -0.2) is 0 Å². The number of halogens is 1. The Morgan fingerprint density at radius 2 is 1.90 bits per heavy atom. The molecule has 0 saturated heterocycles. The lowest BCUT2D eigenvalue weighted by molar-refractivity contribution is -0.116. The molecule has 110 valence electrons. The molecule has 1 heterocycles. The summed E-state index contributed by atoms with van der Waals surface area (Å²) in [6.45, 7) is 1.88. The summed E-state index contributed by atoms with van der Waals surface area (Å²) in [7, 11) is 1.61. The zero-order valence-electron chi connectivity index (χ0n) is 11.7. The Kier molecular flexibility index (Phi) is 4.98. The van der Waals surface area contributed by atoms with Gasteiger partial charge in [0, 0.05) is 17.8 Å². The van der Waals surface area contributed by atoms with E-state index in [1.807, 2.05) is 18.4 Å². The van der Waals surface area contributed by atoms with Gasteiger partial charge >= 0.3 is 0 Å². The largest absolute Gasteiger partial charge is 0.332 e. The molecule has 0 aliphatic rings. The van der Waals surface area contributed by atoms with E-state index in [9.17, 15) is 9.59 Å². The smallest absolute Gasteiger partial charge is 0.264 e. The van der Waals surface area contributed by atoms with Crippen molar-refractivity contribution in [2.45, 2.75) is 6.92 Å². The topological polar surface area (TPSA) is 49.4 Å². The number of nitrogens with one attached hydrogen (secondary N) is 1. The predicted octanol–water partition coefficient (Wildman–Crippen LogP) is 3.42. The van der Waals surface area contributed by atoms with Crippen LogP contribution in [-0.4, -0.2) is 30.3 Å². The van der Waals surface area contributed by atoms with E-state index in [-0.39, 0.29) is 18.4 Å². The maximum Gasteiger partial charge on any atom is 0.264 e. The molecule has 0 saturated carbocycles. The fourth-order valence-electron chi connectivity index (χ4n) is 1.79. The van der Waals surface area contributed by atoms with Crippen LogP contribution in [0, 0.1) is 6.92 Å². The predicted molar refractivity (Wildman–Crippen MR) is 86.1 cm³/mol. The highest BCUT2D eigenvalue weighted by Crippen LogP contribution is 2.17. The van der Waals surface area contributed by atoms with E-state index in [1.165, 1.54) is 16.2 Å². The van der Waals surface area contributed by atoms with Crippen molar-refractivity contribution < 1.29 is 9.59 Å². The summed E-state index contributed by atoms with van der Waals surface area (Å²) < 4.78 is 0. The van der Waals surface area contributed by atoms with Crippen molar-refractivity contribution in [1.82, 2.24) is 4.90 Å². The van der Waals surface area contributed by atoms with Gasteiger partial charge in [-0.15, -0.1) is 11.3 Å². The maximum atomic E-state index is 12.2. The fraction of sp³-hybridized carbons (Fsp3) is 0.200. The molecule has 2 amide bonds. The molecule has 0 atom stereocenters. The second-order valence-corrected chi connectivity index (χ2v) is 6.00. The molecule has 1 aromatic carbocycles. The second-order valence-electron chi connectivity index (χ2n) is 4.65. The molecule has 21 heavy (non-hydrogen) atoms. The number of aryl methyl sites for hydroxylation is 1. The van der Waals surface area contributed by atoms with Crippen LogP contribution in [-0.2, 0) is 4.79 Å². The summed E-state index contributed by atoms with van der Waals surface area (Å²) in [5.41, 5.74) is 1.58. The summed E-state index contributed by atoms with van der Waals surface area (Å²) in [6, 6.07) is 8.71. The molecule has 0 fully saturated rings. The molecule has 0 aliphatic carbocycles. The first-order valence-corrected chi connectivity index (χ1v) is 7.58. The van der Waals surface area contributed by atoms with Gasteiger partial charge in [0.15, 0.2) is 0 Å². The van der Waals surface area contributed by atoms with Crippen molar-refractivity contribution in [3.8, 4) is 0 Å². The molecule has 0 unspecified atom stereocenters. The highest BCUT2D eigenvalue weighted by atomic mass is 35.5. The number of hydrogen-bond acceptors (Lipinski definition) is 3. The Morgan fingerprint density at radius 1 is 1.24 bits per heavy atom. The standard InChI is InChI=1S/C15H15ClN2O2S/c1-10-7-8-21-14(10)15(20)18(2)9-13(19)17-12-5-3-11(16)4-6-12/h3-8H,9H2,1-2H3,(H,17,19). The van der Waals surface area contributed by atoms with Gasteiger partial charge in [0.2, 0.25) is 5.91 Å². The number of thiophene rings is 1. The normalized spacial score (nSPS) is 10.2. The molecule has 1 N–H and O–H groups in total. The number of nitrogens with zero attached hydrogens (tertiary/aromatic N) is 1. The maximum absolute atomic E-state index is 12.2. The van der Waals surface area contributed by atoms with Crippen LogP contribution >= 0.6 is 22.9 Å². The van der Waals surface area contributed by atoms with Gasteiger partial charge in [-0.1, -0.05) is 11.6 Å².